The molecule has 0 amide bonds. The van der Waals surface area contributed by atoms with Crippen LogP contribution >= 0.6 is 22.7 Å². The SMILES string of the molecule is COc1cc(OCc2csc(-c3cccnc3F)n2)c2cc(-c3cn4nc(OC)sc4n3)oc2c1. The lowest BCUT2D eigenvalue weighted by Crippen LogP contribution is -1.97. The number of hydrogen-bond acceptors (Lipinski definition) is 10. The second-order valence-electron chi connectivity index (χ2n) is 7.35. The maximum Gasteiger partial charge on any atom is 0.294 e. The van der Waals surface area contributed by atoms with E-state index < -0.39 is 5.95 Å². The van der Waals surface area contributed by atoms with Crippen LogP contribution in [-0.4, -0.2) is 38.8 Å². The minimum atomic E-state index is -0.553. The number of furan rings is 1. The molecule has 6 aromatic rings. The van der Waals surface area contributed by atoms with E-state index in [1.165, 1.54) is 28.9 Å². The number of ether oxygens (including phenoxy) is 3. The molecule has 0 fully saturated rings. The Morgan fingerprint density at radius 1 is 1.14 bits per heavy atom. The van der Waals surface area contributed by atoms with Crippen molar-refractivity contribution in [3.8, 4) is 38.7 Å². The summed E-state index contributed by atoms with van der Waals surface area (Å²) in [4.78, 5) is 13.5. The summed E-state index contributed by atoms with van der Waals surface area (Å²) in [6.45, 7) is 0.186. The monoisotopic (exact) mass is 509 g/mol. The van der Waals surface area contributed by atoms with E-state index in [2.05, 4.69) is 20.1 Å². The standard InChI is InChI=1S/C23H16FN5O4S2/c1-30-13-6-17(32-10-12-11-34-21(26-12)14-4-3-5-25-20(14)24)15-8-19(33-18(15)7-13)16-9-29-22(27-16)35-23(28-29)31-2/h3-9,11H,10H2,1-2H3. The Balaban J connectivity index is 1.30. The molecule has 0 spiro atoms. The van der Waals surface area contributed by atoms with Crippen molar-refractivity contribution in [1.82, 2.24) is 24.6 Å². The summed E-state index contributed by atoms with van der Waals surface area (Å²) >= 11 is 2.67. The third-order valence-electron chi connectivity index (χ3n) is 5.18. The van der Waals surface area contributed by atoms with E-state index in [1.807, 2.05) is 11.4 Å². The number of aromatic nitrogens is 5. The highest BCUT2D eigenvalue weighted by Gasteiger charge is 2.18. The summed E-state index contributed by atoms with van der Waals surface area (Å²) in [5.74, 6) is 1.17. The van der Waals surface area contributed by atoms with Crippen LogP contribution in [-0.2, 0) is 6.61 Å². The first-order valence-corrected chi connectivity index (χ1v) is 12.0. The first kappa shape index (κ1) is 21.5. The van der Waals surface area contributed by atoms with Gasteiger partial charge < -0.3 is 18.6 Å². The van der Waals surface area contributed by atoms with Crippen LogP contribution in [0.25, 0.3) is 38.0 Å². The molecule has 0 atom stereocenters. The normalized spacial score (nSPS) is 11.4. The number of benzene rings is 1. The summed E-state index contributed by atoms with van der Waals surface area (Å²) < 4.78 is 38.4. The Morgan fingerprint density at radius 3 is 2.86 bits per heavy atom. The number of halogens is 1. The van der Waals surface area contributed by atoms with Gasteiger partial charge in [-0.2, -0.15) is 4.39 Å². The Hall–Kier alpha value is -4.03. The van der Waals surface area contributed by atoms with Crippen molar-refractivity contribution in [1.29, 1.82) is 0 Å². The van der Waals surface area contributed by atoms with Crippen molar-refractivity contribution >= 4 is 38.6 Å². The molecular weight excluding hydrogens is 493 g/mol. The van der Waals surface area contributed by atoms with Gasteiger partial charge in [0.05, 0.1) is 37.1 Å². The molecule has 0 aliphatic heterocycles. The molecule has 176 valence electrons. The van der Waals surface area contributed by atoms with Gasteiger partial charge in [-0.1, -0.05) is 0 Å². The maximum absolute atomic E-state index is 14.0. The predicted molar refractivity (Wildman–Crippen MR) is 129 cm³/mol. The zero-order valence-electron chi connectivity index (χ0n) is 18.4. The number of pyridine rings is 1. The van der Waals surface area contributed by atoms with Crippen molar-refractivity contribution in [2.45, 2.75) is 6.61 Å². The van der Waals surface area contributed by atoms with E-state index in [4.69, 9.17) is 18.6 Å². The lowest BCUT2D eigenvalue weighted by molar-refractivity contribution is 0.303. The molecule has 0 N–H and O–H groups in total. The van der Waals surface area contributed by atoms with Gasteiger partial charge in [0.25, 0.3) is 5.19 Å². The van der Waals surface area contributed by atoms with Crippen LogP contribution in [0, 0.1) is 5.95 Å². The number of hydrogen-bond donors (Lipinski definition) is 0. The molecule has 6 rings (SSSR count). The van der Waals surface area contributed by atoms with E-state index >= 15 is 0 Å². The summed E-state index contributed by atoms with van der Waals surface area (Å²) in [7, 11) is 3.14. The Morgan fingerprint density at radius 2 is 2.06 bits per heavy atom. The van der Waals surface area contributed by atoms with Crippen molar-refractivity contribution in [3.05, 3.63) is 59.7 Å². The second-order valence-corrected chi connectivity index (χ2v) is 9.12. The number of thiazole rings is 1. The fourth-order valence-electron chi connectivity index (χ4n) is 3.52. The largest absolute Gasteiger partial charge is 0.496 e. The molecule has 12 heteroatoms. The first-order chi connectivity index (χ1) is 17.1. The van der Waals surface area contributed by atoms with E-state index in [9.17, 15) is 4.39 Å². The van der Waals surface area contributed by atoms with Gasteiger partial charge in [0, 0.05) is 23.7 Å². The third-order valence-corrected chi connectivity index (χ3v) is 6.99. The highest BCUT2D eigenvalue weighted by Crippen LogP contribution is 2.38. The van der Waals surface area contributed by atoms with E-state index in [0.717, 1.165) is 5.39 Å². The van der Waals surface area contributed by atoms with Gasteiger partial charge >= 0.3 is 0 Å². The minimum Gasteiger partial charge on any atom is -0.496 e. The van der Waals surface area contributed by atoms with Crippen molar-refractivity contribution < 1.29 is 23.0 Å². The van der Waals surface area contributed by atoms with Gasteiger partial charge in [0.1, 0.15) is 34.4 Å². The van der Waals surface area contributed by atoms with Crippen molar-refractivity contribution in [2.75, 3.05) is 14.2 Å². The van der Waals surface area contributed by atoms with Gasteiger partial charge in [0.2, 0.25) is 10.9 Å². The fourth-order valence-corrected chi connectivity index (χ4v) is 5.04. The third kappa shape index (κ3) is 3.96. The molecule has 35 heavy (non-hydrogen) atoms. The average Bonchev–Trinajstić information content (AvgIpc) is 3.64. The number of fused-ring (bicyclic) bond motifs is 2. The Labute approximate surface area is 205 Å². The van der Waals surface area contributed by atoms with Gasteiger partial charge in [-0.05, 0) is 29.5 Å². The molecule has 0 radical (unpaired) electrons. The quantitative estimate of drug-likeness (QED) is 0.262. The highest BCUT2D eigenvalue weighted by molar-refractivity contribution is 7.18. The molecular formula is C23H16FN5O4S2. The van der Waals surface area contributed by atoms with E-state index in [-0.39, 0.29) is 6.61 Å². The first-order valence-electron chi connectivity index (χ1n) is 10.3. The minimum absolute atomic E-state index is 0.186. The zero-order valence-corrected chi connectivity index (χ0v) is 20.0. The van der Waals surface area contributed by atoms with E-state index in [1.54, 1.807) is 49.2 Å². The van der Waals surface area contributed by atoms with Crippen LogP contribution in [0.5, 0.6) is 16.7 Å². The van der Waals surface area contributed by atoms with Gasteiger partial charge in [-0.15, -0.1) is 16.4 Å². The smallest absolute Gasteiger partial charge is 0.294 e. The van der Waals surface area contributed by atoms with Gasteiger partial charge in [-0.25, -0.2) is 19.5 Å². The Bertz CT molecular complexity index is 1640. The molecule has 1 aromatic carbocycles. The van der Waals surface area contributed by atoms with Gasteiger partial charge in [0.15, 0.2) is 5.76 Å². The maximum atomic E-state index is 14.0. The van der Waals surface area contributed by atoms with Crippen LogP contribution in [0.3, 0.4) is 0 Å². The Kier molecular flexibility index (Phi) is 5.30. The molecule has 0 unspecified atom stereocenters. The zero-order chi connectivity index (χ0) is 23.9. The lowest BCUT2D eigenvalue weighted by Gasteiger charge is -2.07. The topological polar surface area (TPSA) is 96.8 Å². The van der Waals surface area contributed by atoms with Crippen LogP contribution < -0.4 is 14.2 Å². The number of nitrogens with zero attached hydrogens (tertiary/aromatic N) is 5. The molecule has 0 saturated heterocycles. The number of rotatable bonds is 7. The van der Waals surface area contributed by atoms with Crippen LogP contribution in [0.15, 0.2) is 52.5 Å². The van der Waals surface area contributed by atoms with Gasteiger partial charge in [-0.3, -0.25) is 0 Å². The summed E-state index contributed by atoms with van der Waals surface area (Å²) in [5, 5.41) is 7.96. The average molecular weight is 510 g/mol. The second kappa shape index (κ2) is 8.64. The number of imidazole rings is 1. The summed E-state index contributed by atoms with van der Waals surface area (Å²) in [5.41, 5.74) is 2.25. The van der Waals surface area contributed by atoms with Crippen LogP contribution in [0.4, 0.5) is 4.39 Å². The van der Waals surface area contributed by atoms with Crippen LogP contribution in [0.2, 0.25) is 0 Å². The molecule has 5 aromatic heterocycles. The van der Waals surface area contributed by atoms with E-state index in [0.29, 0.717) is 55.0 Å². The predicted octanol–water partition coefficient (Wildman–Crippen LogP) is 5.46. The summed E-state index contributed by atoms with van der Waals surface area (Å²) in [6.07, 6.45) is 3.18. The van der Waals surface area contributed by atoms with Crippen LogP contribution in [0.1, 0.15) is 5.69 Å². The van der Waals surface area contributed by atoms with Crippen molar-refractivity contribution in [3.63, 3.8) is 0 Å². The molecule has 0 saturated carbocycles. The fraction of sp³-hybridized carbons (Fsp3) is 0.130. The molecule has 0 aliphatic rings. The molecule has 0 aliphatic carbocycles. The number of methoxy groups -OCH3 is 2. The molecule has 0 bridgehead atoms. The van der Waals surface area contributed by atoms with Crippen molar-refractivity contribution in [2.24, 2.45) is 0 Å². The summed E-state index contributed by atoms with van der Waals surface area (Å²) in [6, 6.07) is 8.77. The molecule has 9 nitrogen and oxygen atoms in total. The highest BCUT2D eigenvalue weighted by atomic mass is 32.1. The lowest BCUT2D eigenvalue weighted by atomic mass is 10.2. The molecule has 5 heterocycles.